The first-order chi connectivity index (χ1) is 38.5. The fraction of sp³-hybridized carbons (Fsp3) is 0.597. The molecule has 0 bridgehead atoms. The Morgan fingerprint density at radius 3 is 0.821 bits per heavy atom. The number of allylic oxidation sites excluding steroid dienone is 26. The Morgan fingerprint density at radius 1 is 0.269 bits per heavy atom. The van der Waals surface area contributed by atoms with E-state index in [1.54, 1.807) is 0 Å². The molecule has 6 heteroatoms. The lowest BCUT2D eigenvalue weighted by Crippen LogP contribution is -2.30. The van der Waals surface area contributed by atoms with Crippen molar-refractivity contribution < 1.29 is 28.6 Å². The van der Waals surface area contributed by atoms with Crippen molar-refractivity contribution in [1.82, 2.24) is 0 Å². The van der Waals surface area contributed by atoms with E-state index >= 15 is 0 Å². The van der Waals surface area contributed by atoms with Gasteiger partial charge in [-0.25, -0.2) is 0 Å². The number of rotatable bonds is 55. The van der Waals surface area contributed by atoms with Crippen molar-refractivity contribution in [3.05, 3.63) is 158 Å². The van der Waals surface area contributed by atoms with E-state index in [0.29, 0.717) is 19.3 Å². The zero-order valence-electron chi connectivity index (χ0n) is 50.1. The van der Waals surface area contributed by atoms with Crippen LogP contribution in [0.4, 0.5) is 0 Å². The third-order valence-electron chi connectivity index (χ3n) is 12.7. The van der Waals surface area contributed by atoms with Gasteiger partial charge in [-0.05, 0) is 148 Å². The molecule has 1 unspecified atom stereocenters. The summed E-state index contributed by atoms with van der Waals surface area (Å²) in [6.45, 7) is 6.34. The SMILES string of the molecule is CC/C=C\C/C=C\C/C=C\C/C=C\C/C=C\C/C=C\CCCCCCC(=O)OCC(COC(=O)CCCCCCC/C=C\CCCCCCCCC)OC(=O)CCCC/C=C\C/C=C\C/C=C\C/C=C\C/C=C\C/C=C\CC. The number of carbonyl (C=O) groups excluding carboxylic acids is 3. The van der Waals surface area contributed by atoms with Crippen molar-refractivity contribution in [2.75, 3.05) is 13.2 Å². The monoisotopic (exact) mass is 1070 g/mol. The van der Waals surface area contributed by atoms with Gasteiger partial charge < -0.3 is 14.2 Å². The fourth-order valence-electron chi connectivity index (χ4n) is 8.09. The summed E-state index contributed by atoms with van der Waals surface area (Å²) in [5.74, 6) is -0.996. The summed E-state index contributed by atoms with van der Waals surface area (Å²) in [6, 6.07) is 0. The highest BCUT2D eigenvalue weighted by Crippen LogP contribution is 2.13. The van der Waals surface area contributed by atoms with Crippen LogP contribution >= 0.6 is 0 Å². The first-order valence-corrected chi connectivity index (χ1v) is 31.5. The first kappa shape index (κ1) is 73.0. The number of hydrogen-bond acceptors (Lipinski definition) is 6. The van der Waals surface area contributed by atoms with Crippen molar-refractivity contribution in [2.45, 2.75) is 264 Å². The second-order valence-electron chi connectivity index (χ2n) is 20.2. The van der Waals surface area contributed by atoms with Gasteiger partial charge in [0.05, 0.1) is 0 Å². The standard InChI is InChI=1S/C72H114O6/c1-4-7-10-13-16-19-22-25-28-31-33-35-36-38-39-41-44-47-50-53-56-59-62-65-71(74)77-68-69(67-76-70(73)64-61-58-55-52-49-46-43-30-27-24-21-18-15-12-9-6-3)78-72(75)66-63-60-57-54-51-48-45-42-40-37-34-32-29-26-23-20-17-14-11-8-5-2/h7-8,10-11,16-17,19-20,25-26,28-30,33-35,37-39,42-45,47,51,54,69H,4-6,9,12-15,18,21-24,27,31-32,36,40-41,46,48-50,52-53,55-68H2,1-3H3/b10-7-,11-8-,19-16-,20-17-,28-25-,29-26-,35-33-,37-34-,39-38-,43-30-,45-42-,47-44-,54-51-. The van der Waals surface area contributed by atoms with Crippen LogP contribution in [0.3, 0.4) is 0 Å². The Balaban J connectivity index is 4.56. The van der Waals surface area contributed by atoms with E-state index in [2.05, 4.69) is 179 Å². The molecule has 0 saturated carbocycles. The minimum Gasteiger partial charge on any atom is -0.462 e. The van der Waals surface area contributed by atoms with Gasteiger partial charge in [-0.2, -0.15) is 0 Å². The van der Waals surface area contributed by atoms with Crippen LogP contribution in [-0.2, 0) is 28.6 Å². The summed E-state index contributed by atoms with van der Waals surface area (Å²) in [4.78, 5) is 38.3. The van der Waals surface area contributed by atoms with Gasteiger partial charge in [0.15, 0.2) is 6.10 Å². The molecule has 0 radical (unpaired) electrons. The Labute approximate surface area is 480 Å². The second-order valence-corrected chi connectivity index (χ2v) is 20.2. The van der Waals surface area contributed by atoms with Crippen LogP contribution in [-0.4, -0.2) is 37.2 Å². The van der Waals surface area contributed by atoms with E-state index in [-0.39, 0.29) is 37.5 Å². The predicted octanol–water partition coefficient (Wildman–Crippen LogP) is 21.7. The summed E-state index contributed by atoms with van der Waals surface area (Å²) in [5.41, 5.74) is 0. The van der Waals surface area contributed by atoms with Gasteiger partial charge in [0, 0.05) is 19.3 Å². The number of unbranched alkanes of at least 4 members (excludes halogenated alkanes) is 18. The maximum absolute atomic E-state index is 12.9. The highest BCUT2D eigenvalue weighted by Gasteiger charge is 2.19. The lowest BCUT2D eigenvalue weighted by atomic mass is 10.1. The van der Waals surface area contributed by atoms with Gasteiger partial charge in [0.25, 0.3) is 0 Å². The van der Waals surface area contributed by atoms with E-state index < -0.39 is 6.10 Å². The predicted molar refractivity (Wildman–Crippen MR) is 338 cm³/mol. The molecule has 78 heavy (non-hydrogen) atoms. The van der Waals surface area contributed by atoms with Crippen LogP contribution in [0.5, 0.6) is 0 Å². The molecule has 0 aliphatic carbocycles. The third-order valence-corrected chi connectivity index (χ3v) is 12.7. The summed E-state index contributed by atoms with van der Waals surface area (Å²) < 4.78 is 16.9. The first-order valence-electron chi connectivity index (χ1n) is 31.5. The van der Waals surface area contributed by atoms with Crippen molar-refractivity contribution in [2.24, 2.45) is 0 Å². The Kier molecular flexibility index (Phi) is 60.4. The van der Waals surface area contributed by atoms with Crippen LogP contribution in [0.1, 0.15) is 258 Å². The molecule has 0 aromatic rings. The van der Waals surface area contributed by atoms with Crippen molar-refractivity contribution in [3.63, 3.8) is 0 Å². The Bertz CT molecular complexity index is 1760. The molecule has 0 amide bonds. The molecule has 0 aromatic carbocycles. The molecule has 0 rings (SSSR count). The molecule has 0 aliphatic heterocycles. The van der Waals surface area contributed by atoms with Gasteiger partial charge in [-0.1, -0.05) is 249 Å². The number of esters is 3. The van der Waals surface area contributed by atoms with Crippen LogP contribution < -0.4 is 0 Å². The fourth-order valence-corrected chi connectivity index (χ4v) is 8.09. The molecule has 1 atom stereocenters. The van der Waals surface area contributed by atoms with Crippen LogP contribution in [0.25, 0.3) is 0 Å². The maximum atomic E-state index is 12.9. The highest BCUT2D eigenvalue weighted by atomic mass is 16.6. The van der Waals surface area contributed by atoms with Crippen molar-refractivity contribution in [1.29, 1.82) is 0 Å². The van der Waals surface area contributed by atoms with Crippen molar-refractivity contribution in [3.8, 4) is 0 Å². The Morgan fingerprint density at radius 2 is 0.500 bits per heavy atom. The summed E-state index contributed by atoms with van der Waals surface area (Å²) in [6.07, 6.45) is 93.8. The summed E-state index contributed by atoms with van der Waals surface area (Å²) >= 11 is 0. The quantitative estimate of drug-likeness (QED) is 0.0261. The topological polar surface area (TPSA) is 78.9 Å². The molecule has 0 fully saturated rings. The van der Waals surface area contributed by atoms with Gasteiger partial charge in [0.1, 0.15) is 13.2 Å². The van der Waals surface area contributed by atoms with E-state index in [9.17, 15) is 14.4 Å². The smallest absolute Gasteiger partial charge is 0.306 e. The lowest BCUT2D eigenvalue weighted by molar-refractivity contribution is -0.167. The molecular weight excluding hydrogens is 961 g/mol. The normalized spacial score (nSPS) is 13.2. The molecule has 0 N–H and O–H groups in total. The van der Waals surface area contributed by atoms with Crippen LogP contribution in [0, 0.1) is 0 Å². The zero-order valence-corrected chi connectivity index (χ0v) is 50.1. The van der Waals surface area contributed by atoms with Gasteiger partial charge in [0.2, 0.25) is 0 Å². The summed E-state index contributed by atoms with van der Waals surface area (Å²) in [5, 5.41) is 0. The lowest BCUT2D eigenvalue weighted by Gasteiger charge is -2.18. The van der Waals surface area contributed by atoms with E-state index in [1.165, 1.54) is 57.8 Å². The molecule has 0 spiro atoms. The average Bonchev–Trinajstić information content (AvgIpc) is 3.44. The largest absolute Gasteiger partial charge is 0.462 e. The molecule has 438 valence electrons. The molecule has 6 nitrogen and oxygen atoms in total. The van der Waals surface area contributed by atoms with E-state index in [1.807, 2.05) is 0 Å². The Hall–Kier alpha value is -4.97. The van der Waals surface area contributed by atoms with Crippen LogP contribution in [0.15, 0.2) is 158 Å². The summed E-state index contributed by atoms with van der Waals surface area (Å²) in [7, 11) is 0. The molecule has 0 heterocycles. The molecule has 0 aromatic heterocycles. The third kappa shape index (κ3) is 61.9. The number of carbonyl (C=O) groups is 3. The van der Waals surface area contributed by atoms with Gasteiger partial charge in [-0.3, -0.25) is 14.4 Å². The average molecular weight is 1080 g/mol. The number of ether oxygens (including phenoxy) is 3. The second kappa shape index (κ2) is 64.6. The van der Waals surface area contributed by atoms with Gasteiger partial charge in [-0.15, -0.1) is 0 Å². The zero-order chi connectivity index (χ0) is 56.4. The molecule has 0 saturated heterocycles. The maximum Gasteiger partial charge on any atom is 0.306 e. The minimum absolute atomic E-state index is 0.115. The van der Waals surface area contributed by atoms with Crippen LogP contribution in [0.2, 0.25) is 0 Å². The van der Waals surface area contributed by atoms with E-state index in [4.69, 9.17) is 14.2 Å². The minimum atomic E-state index is -0.825. The number of hydrogen-bond donors (Lipinski definition) is 0. The van der Waals surface area contributed by atoms with E-state index in [0.717, 1.165) is 154 Å². The highest BCUT2D eigenvalue weighted by molar-refractivity contribution is 5.71. The molecule has 0 aliphatic rings. The van der Waals surface area contributed by atoms with Gasteiger partial charge >= 0.3 is 17.9 Å². The van der Waals surface area contributed by atoms with Crippen molar-refractivity contribution >= 4 is 17.9 Å². The molecular formula is C72H114O6.